The third-order valence-corrected chi connectivity index (χ3v) is 2.47. The van der Waals surface area contributed by atoms with Crippen LogP contribution < -0.4 is 0 Å². The van der Waals surface area contributed by atoms with Crippen molar-refractivity contribution in [1.82, 2.24) is 0 Å². The molecule has 1 rings (SSSR count). The minimum Gasteiger partial charge on any atom is -0.462 e. The summed E-state index contributed by atoms with van der Waals surface area (Å²) in [5.41, 5.74) is 0.0354. The molecule has 0 radical (unpaired) electrons. The zero-order chi connectivity index (χ0) is 13.4. The van der Waals surface area contributed by atoms with Crippen molar-refractivity contribution in [3.8, 4) is 0 Å². The van der Waals surface area contributed by atoms with E-state index >= 15 is 0 Å². The van der Waals surface area contributed by atoms with Gasteiger partial charge in [-0.3, -0.25) is 4.79 Å². The quantitative estimate of drug-likeness (QED) is 0.437. The molecule has 17 heavy (non-hydrogen) atoms. The molecular formula is C10H10F4O3. The Kier molecular flexibility index (Phi) is 3.31. The molecule has 0 aromatic rings. The largest absolute Gasteiger partial charge is 0.462 e. The first-order valence-corrected chi connectivity index (χ1v) is 4.75. The first-order valence-electron chi connectivity index (χ1n) is 4.75. The first-order chi connectivity index (χ1) is 7.61. The van der Waals surface area contributed by atoms with Gasteiger partial charge in [0.2, 0.25) is 0 Å². The summed E-state index contributed by atoms with van der Waals surface area (Å²) in [6.07, 6.45) is -0.773. The van der Waals surface area contributed by atoms with Gasteiger partial charge in [0.25, 0.3) is 5.78 Å². The molecule has 0 heterocycles. The van der Waals surface area contributed by atoms with Crippen molar-refractivity contribution in [2.45, 2.75) is 25.2 Å². The van der Waals surface area contributed by atoms with Crippen molar-refractivity contribution in [1.29, 1.82) is 0 Å². The van der Waals surface area contributed by atoms with Crippen LogP contribution in [0.25, 0.3) is 0 Å². The molecule has 0 N–H and O–H groups in total. The molecule has 1 aliphatic carbocycles. The Morgan fingerprint density at radius 3 is 2.24 bits per heavy atom. The monoisotopic (exact) mass is 254 g/mol. The average Bonchev–Trinajstić information content (AvgIpc) is 2.21. The molecule has 0 spiro atoms. The summed E-state index contributed by atoms with van der Waals surface area (Å²) < 4.78 is 55.6. The van der Waals surface area contributed by atoms with Gasteiger partial charge in [-0.2, -0.15) is 17.6 Å². The molecule has 7 heteroatoms. The summed E-state index contributed by atoms with van der Waals surface area (Å²) in [5, 5.41) is 0. The Morgan fingerprint density at radius 2 is 1.82 bits per heavy atom. The first kappa shape index (κ1) is 13.7. The Hall–Kier alpha value is -1.40. The second-order valence-corrected chi connectivity index (χ2v) is 3.83. The van der Waals surface area contributed by atoms with Gasteiger partial charge in [0.05, 0.1) is 6.61 Å². The topological polar surface area (TPSA) is 43.4 Å². The van der Waals surface area contributed by atoms with E-state index in [4.69, 9.17) is 0 Å². The van der Waals surface area contributed by atoms with Gasteiger partial charge in [-0.15, -0.1) is 0 Å². The fourth-order valence-electron chi connectivity index (χ4n) is 1.44. The van der Waals surface area contributed by atoms with Crippen LogP contribution in [-0.2, 0) is 14.3 Å². The van der Waals surface area contributed by atoms with Gasteiger partial charge in [0.15, 0.2) is 0 Å². The Morgan fingerprint density at radius 1 is 1.35 bits per heavy atom. The summed E-state index contributed by atoms with van der Waals surface area (Å²) in [6.45, 7) is 3.96. The van der Waals surface area contributed by atoms with Crippen molar-refractivity contribution < 1.29 is 31.9 Å². The van der Waals surface area contributed by atoms with Crippen LogP contribution in [0.3, 0.4) is 0 Å². The number of hydrogen-bond donors (Lipinski definition) is 0. The van der Waals surface area contributed by atoms with Crippen LogP contribution in [0, 0.1) is 5.92 Å². The van der Waals surface area contributed by atoms with Gasteiger partial charge in [-0.05, 0) is 13.3 Å². The van der Waals surface area contributed by atoms with E-state index < -0.39 is 42.5 Å². The van der Waals surface area contributed by atoms with Crippen LogP contribution in [0.15, 0.2) is 12.2 Å². The Labute approximate surface area is 94.4 Å². The van der Waals surface area contributed by atoms with Crippen LogP contribution in [0.2, 0.25) is 0 Å². The fraction of sp³-hybridized carbons (Fsp3) is 0.600. The molecule has 1 saturated carbocycles. The second kappa shape index (κ2) is 4.12. The third kappa shape index (κ3) is 2.18. The molecule has 3 nitrogen and oxygen atoms in total. The highest BCUT2D eigenvalue weighted by Crippen LogP contribution is 2.52. The maximum atomic E-state index is 12.8. The third-order valence-electron chi connectivity index (χ3n) is 2.47. The number of halogens is 4. The van der Waals surface area contributed by atoms with Gasteiger partial charge >= 0.3 is 17.8 Å². The van der Waals surface area contributed by atoms with Crippen LogP contribution in [0.1, 0.15) is 13.3 Å². The number of rotatable bonds is 4. The summed E-state index contributed by atoms with van der Waals surface area (Å²) in [7, 11) is 0. The highest BCUT2D eigenvalue weighted by atomic mass is 19.3. The molecule has 0 saturated heterocycles. The maximum absolute atomic E-state index is 12.8. The predicted molar refractivity (Wildman–Crippen MR) is 48.8 cm³/mol. The van der Waals surface area contributed by atoms with Gasteiger partial charge in [-0.25, -0.2) is 4.79 Å². The number of carbonyl (C=O) groups excluding carboxylic acids is 2. The van der Waals surface area contributed by atoms with Crippen LogP contribution in [-0.4, -0.2) is 30.2 Å². The lowest BCUT2D eigenvalue weighted by Crippen LogP contribution is -2.66. The molecule has 0 aliphatic heterocycles. The van der Waals surface area contributed by atoms with E-state index in [2.05, 4.69) is 11.3 Å². The number of ether oxygens (including phenoxy) is 1. The summed E-state index contributed by atoms with van der Waals surface area (Å²) in [6, 6.07) is 0. The average molecular weight is 254 g/mol. The van der Waals surface area contributed by atoms with Crippen molar-refractivity contribution in [2.75, 3.05) is 6.61 Å². The summed E-state index contributed by atoms with van der Waals surface area (Å²) in [4.78, 5) is 21.3. The fourth-order valence-corrected chi connectivity index (χ4v) is 1.44. The highest BCUT2D eigenvalue weighted by Gasteiger charge is 2.76. The number of hydrogen-bond acceptors (Lipinski definition) is 3. The van der Waals surface area contributed by atoms with Crippen molar-refractivity contribution >= 4 is 11.8 Å². The van der Waals surface area contributed by atoms with E-state index in [0.29, 0.717) is 0 Å². The molecular weight excluding hydrogens is 244 g/mol. The van der Waals surface area contributed by atoms with Crippen LogP contribution in [0.4, 0.5) is 17.6 Å². The van der Waals surface area contributed by atoms with E-state index in [0.717, 1.165) is 0 Å². The highest BCUT2D eigenvalue weighted by molar-refractivity contribution is 5.99. The van der Waals surface area contributed by atoms with Gasteiger partial charge in [0.1, 0.15) is 5.92 Å². The second-order valence-electron chi connectivity index (χ2n) is 3.83. The zero-order valence-corrected chi connectivity index (χ0v) is 8.94. The van der Waals surface area contributed by atoms with Crippen molar-refractivity contribution in [2.24, 2.45) is 5.92 Å². The number of alkyl halides is 4. The van der Waals surface area contributed by atoms with E-state index in [9.17, 15) is 27.2 Å². The number of carbonyl (C=O) groups is 2. The number of Topliss-reactive ketones (excluding diaryl/α,β-unsaturated/α-hetero) is 1. The molecule has 0 atom stereocenters. The Balaban J connectivity index is 2.51. The number of esters is 1. The number of ketones is 1. The van der Waals surface area contributed by atoms with Crippen molar-refractivity contribution in [3.63, 3.8) is 0 Å². The molecule has 1 aliphatic rings. The molecule has 0 aromatic heterocycles. The molecule has 0 amide bonds. The minimum atomic E-state index is -4.04. The minimum absolute atomic E-state index is 0.0354. The van der Waals surface area contributed by atoms with E-state index in [1.165, 1.54) is 6.92 Å². The van der Waals surface area contributed by atoms with Crippen LogP contribution in [0.5, 0.6) is 0 Å². The lowest BCUT2D eigenvalue weighted by molar-refractivity contribution is -0.249. The smallest absolute Gasteiger partial charge is 0.333 e. The predicted octanol–water partition coefficient (Wildman–Crippen LogP) is 1.97. The van der Waals surface area contributed by atoms with Gasteiger partial charge in [0, 0.05) is 5.57 Å². The molecule has 0 unspecified atom stereocenters. The lowest BCUT2D eigenvalue weighted by Gasteiger charge is -2.41. The van der Waals surface area contributed by atoms with E-state index in [1.54, 1.807) is 0 Å². The van der Waals surface area contributed by atoms with E-state index in [1.807, 2.05) is 0 Å². The van der Waals surface area contributed by atoms with Crippen molar-refractivity contribution in [3.05, 3.63) is 12.2 Å². The molecule has 1 fully saturated rings. The molecule has 0 bridgehead atoms. The maximum Gasteiger partial charge on any atom is 0.333 e. The summed E-state index contributed by atoms with van der Waals surface area (Å²) in [5.74, 6) is -13.7. The van der Waals surface area contributed by atoms with Gasteiger partial charge < -0.3 is 4.74 Å². The molecule has 96 valence electrons. The van der Waals surface area contributed by atoms with E-state index in [-0.39, 0.29) is 5.57 Å². The Bertz CT molecular complexity index is 358. The van der Waals surface area contributed by atoms with Crippen LogP contribution >= 0.6 is 0 Å². The lowest BCUT2D eigenvalue weighted by atomic mass is 9.73. The normalized spacial score (nSPS) is 21.8. The molecule has 0 aromatic carbocycles. The van der Waals surface area contributed by atoms with Gasteiger partial charge in [-0.1, -0.05) is 6.58 Å². The SMILES string of the molecule is C=C(C)C(=O)OCCC1C(F)(F)C(=O)C1(F)F. The summed E-state index contributed by atoms with van der Waals surface area (Å²) >= 11 is 0. The zero-order valence-electron chi connectivity index (χ0n) is 8.94. The standard InChI is InChI=1S/C10H10F4O3/c1-5(2)7(15)17-4-3-6-9(11,12)8(16)10(6,13)14/h6H,1,3-4H2,2H3.